The quantitative estimate of drug-likeness (QED) is 0.556. The van der Waals surface area contributed by atoms with Crippen molar-refractivity contribution in [2.75, 3.05) is 0 Å². The van der Waals surface area contributed by atoms with Crippen molar-refractivity contribution in [3.8, 4) is 11.6 Å². The zero-order valence-corrected chi connectivity index (χ0v) is 14.4. The van der Waals surface area contributed by atoms with Crippen LogP contribution in [0.15, 0.2) is 36.5 Å². The third kappa shape index (κ3) is 4.05. The minimum atomic E-state index is -5.69. The van der Waals surface area contributed by atoms with Crippen molar-refractivity contribution in [3.63, 3.8) is 0 Å². The van der Waals surface area contributed by atoms with E-state index in [4.69, 9.17) is 14.6 Å². The Morgan fingerprint density at radius 3 is 2.18 bits per heavy atom. The SMILES string of the molecule is Cc1ccc(Oc2ccc(C3(C(F)(F)C(F)(F)F)CC3)cc2F)nc1.O=CO. The Kier molecular flexibility index (Phi) is 5.91. The molecule has 0 bridgehead atoms. The fraction of sp³-hybridized carbons (Fsp3) is 0.333. The van der Waals surface area contributed by atoms with Crippen LogP contribution in [0.4, 0.5) is 26.3 Å². The Bertz CT molecular complexity index is 832. The van der Waals surface area contributed by atoms with Gasteiger partial charge in [-0.05, 0) is 43.0 Å². The number of rotatable bonds is 4. The lowest BCUT2D eigenvalue weighted by Crippen LogP contribution is -2.47. The molecule has 0 atom stereocenters. The molecular weight excluding hydrogens is 392 g/mol. The predicted molar refractivity (Wildman–Crippen MR) is 86.1 cm³/mol. The van der Waals surface area contributed by atoms with E-state index < -0.39 is 28.9 Å². The van der Waals surface area contributed by atoms with Gasteiger partial charge in [-0.3, -0.25) is 4.79 Å². The Morgan fingerprint density at radius 1 is 1.14 bits per heavy atom. The lowest BCUT2D eigenvalue weighted by molar-refractivity contribution is -0.296. The summed E-state index contributed by atoms with van der Waals surface area (Å²) in [5.74, 6) is -6.16. The average Bonchev–Trinajstić information content (AvgIpc) is 3.40. The number of alkyl halides is 5. The van der Waals surface area contributed by atoms with Crippen LogP contribution in [-0.4, -0.2) is 28.7 Å². The van der Waals surface area contributed by atoms with Gasteiger partial charge < -0.3 is 9.84 Å². The minimum absolute atomic E-state index is 0.0824. The first kappa shape index (κ1) is 21.5. The summed E-state index contributed by atoms with van der Waals surface area (Å²) >= 11 is 0. The van der Waals surface area contributed by atoms with Gasteiger partial charge >= 0.3 is 12.1 Å². The zero-order valence-electron chi connectivity index (χ0n) is 14.4. The van der Waals surface area contributed by atoms with E-state index in [1.54, 1.807) is 13.0 Å². The molecule has 2 aromatic rings. The van der Waals surface area contributed by atoms with Gasteiger partial charge in [0.1, 0.15) is 0 Å². The van der Waals surface area contributed by atoms with Gasteiger partial charge in [0.15, 0.2) is 11.6 Å². The summed E-state index contributed by atoms with van der Waals surface area (Å²) in [6, 6.07) is 5.93. The van der Waals surface area contributed by atoms with Crippen LogP contribution in [-0.2, 0) is 10.2 Å². The molecule has 1 aliphatic carbocycles. The van der Waals surface area contributed by atoms with Crippen LogP contribution in [0, 0.1) is 12.7 Å². The van der Waals surface area contributed by atoms with Crippen molar-refractivity contribution in [1.29, 1.82) is 0 Å². The zero-order chi connectivity index (χ0) is 21.2. The summed E-state index contributed by atoms with van der Waals surface area (Å²) < 4.78 is 85.0. The van der Waals surface area contributed by atoms with Crippen LogP contribution < -0.4 is 4.74 Å². The number of carboxylic acid groups (broad SMARTS) is 1. The summed E-state index contributed by atoms with van der Waals surface area (Å²) in [7, 11) is 0. The standard InChI is InChI=1S/C17H13F6NO.CH2O2/c1-10-2-5-14(24-9-10)25-13-4-3-11(8-12(13)18)15(6-7-15)16(19,20)17(21,22)23;2-1-3/h2-5,8-9H,6-7H2,1H3;1H,(H,2,3). The number of aromatic nitrogens is 1. The largest absolute Gasteiger partial charge is 0.483 e. The minimum Gasteiger partial charge on any atom is -0.483 e. The molecule has 152 valence electrons. The van der Waals surface area contributed by atoms with E-state index >= 15 is 0 Å². The van der Waals surface area contributed by atoms with Crippen LogP contribution in [0.2, 0.25) is 0 Å². The maximum atomic E-state index is 14.2. The number of hydrogen-bond donors (Lipinski definition) is 1. The number of benzene rings is 1. The Hall–Kier alpha value is -2.78. The molecule has 10 heteroatoms. The van der Waals surface area contributed by atoms with Crippen molar-refractivity contribution in [1.82, 2.24) is 4.98 Å². The molecule has 0 amide bonds. The molecule has 1 N–H and O–H groups in total. The second kappa shape index (κ2) is 7.69. The van der Waals surface area contributed by atoms with Crippen LogP contribution in [0.1, 0.15) is 24.0 Å². The molecule has 1 heterocycles. The van der Waals surface area contributed by atoms with E-state index in [1.807, 2.05) is 0 Å². The van der Waals surface area contributed by atoms with E-state index in [0.29, 0.717) is 6.07 Å². The number of ether oxygens (including phenoxy) is 1. The van der Waals surface area contributed by atoms with Crippen molar-refractivity contribution in [3.05, 3.63) is 53.5 Å². The molecule has 0 unspecified atom stereocenters. The van der Waals surface area contributed by atoms with Gasteiger partial charge in [-0.25, -0.2) is 9.37 Å². The number of nitrogens with zero attached hydrogens (tertiary/aromatic N) is 1. The van der Waals surface area contributed by atoms with E-state index in [0.717, 1.165) is 17.7 Å². The fourth-order valence-electron chi connectivity index (χ4n) is 2.69. The number of aryl methyl sites for hydroxylation is 1. The second-order valence-corrected chi connectivity index (χ2v) is 6.18. The summed E-state index contributed by atoms with van der Waals surface area (Å²) in [5.41, 5.74) is -1.95. The Morgan fingerprint density at radius 2 is 1.75 bits per heavy atom. The normalized spacial score (nSPS) is 15.2. The molecule has 1 aromatic heterocycles. The van der Waals surface area contributed by atoms with Crippen molar-refractivity contribution >= 4 is 6.47 Å². The highest BCUT2D eigenvalue weighted by Crippen LogP contribution is 2.63. The fourth-order valence-corrected chi connectivity index (χ4v) is 2.69. The number of pyridine rings is 1. The van der Waals surface area contributed by atoms with Gasteiger partial charge in [-0.2, -0.15) is 22.0 Å². The summed E-state index contributed by atoms with van der Waals surface area (Å²) in [6.07, 6.45) is -4.93. The van der Waals surface area contributed by atoms with E-state index in [1.165, 1.54) is 12.3 Å². The smallest absolute Gasteiger partial charge is 0.454 e. The van der Waals surface area contributed by atoms with Gasteiger partial charge in [0, 0.05) is 12.3 Å². The van der Waals surface area contributed by atoms with Gasteiger partial charge in [0.25, 0.3) is 6.47 Å². The van der Waals surface area contributed by atoms with Gasteiger partial charge in [0.2, 0.25) is 5.88 Å². The van der Waals surface area contributed by atoms with E-state index in [2.05, 4.69) is 4.98 Å². The third-order valence-electron chi connectivity index (χ3n) is 4.29. The highest BCUT2D eigenvalue weighted by molar-refractivity contribution is 5.41. The van der Waals surface area contributed by atoms with Gasteiger partial charge in [0.05, 0.1) is 5.41 Å². The molecule has 1 saturated carbocycles. The number of hydrogen-bond acceptors (Lipinski definition) is 3. The van der Waals surface area contributed by atoms with E-state index in [9.17, 15) is 26.3 Å². The van der Waals surface area contributed by atoms with E-state index in [-0.39, 0.29) is 30.9 Å². The molecule has 3 rings (SSSR count). The van der Waals surface area contributed by atoms with Crippen molar-refractivity contribution in [2.45, 2.75) is 37.3 Å². The lowest BCUT2D eigenvalue weighted by atomic mass is 9.88. The first-order valence-corrected chi connectivity index (χ1v) is 7.91. The molecule has 4 nitrogen and oxygen atoms in total. The predicted octanol–water partition coefficient (Wildman–Crippen LogP) is 5.25. The topological polar surface area (TPSA) is 59.4 Å². The summed E-state index contributed by atoms with van der Waals surface area (Å²) in [5, 5.41) is 6.89. The number of carbonyl (C=O) groups is 1. The maximum Gasteiger partial charge on any atom is 0.454 e. The molecule has 0 saturated heterocycles. The monoisotopic (exact) mass is 407 g/mol. The van der Waals surface area contributed by atoms with Crippen LogP contribution >= 0.6 is 0 Å². The molecule has 0 spiro atoms. The highest BCUT2D eigenvalue weighted by atomic mass is 19.4. The molecular formula is C18H15F6NO3. The van der Waals surface area contributed by atoms with Gasteiger partial charge in [-0.1, -0.05) is 12.1 Å². The first-order chi connectivity index (χ1) is 13.0. The molecule has 0 aliphatic heterocycles. The van der Waals surface area contributed by atoms with Crippen LogP contribution in [0.5, 0.6) is 11.6 Å². The average molecular weight is 407 g/mol. The molecule has 1 aromatic carbocycles. The number of halogens is 6. The van der Waals surface area contributed by atoms with Gasteiger partial charge in [-0.15, -0.1) is 0 Å². The summed E-state index contributed by atoms with van der Waals surface area (Å²) in [4.78, 5) is 12.3. The molecule has 1 fully saturated rings. The van der Waals surface area contributed by atoms with Crippen LogP contribution in [0.3, 0.4) is 0 Å². The van der Waals surface area contributed by atoms with Crippen molar-refractivity contribution in [2.24, 2.45) is 0 Å². The molecule has 1 aliphatic rings. The summed E-state index contributed by atoms with van der Waals surface area (Å²) in [6.45, 7) is 1.54. The van der Waals surface area contributed by atoms with Crippen molar-refractivity contribution < 1.29 is 41.0 Å². The third-order valence-corrected chi connectivity index (χ3v) is 4.29. The van der Waals surface area contributed by atoms with Crippen LogP contribution in [0.25, 0.3) is 0 Å². The Balaban J connectivity index is 0.000000878. The molecule has 28 heavy (non-hydrogen) atoms. The second-order valence-electron chi connectivity index (χ2n) is 6.18. The first-order valence-electron chi connectivity index (χ1n) is 7.91. The maximum absolute atomic E-state index is 14.2. The molecule has 0 radical (unpaired) electrons. The Labute approximate surface area is 155 Å². The highest BCUT2D eigenvalue weighted by Gasteiger charge is 2.75. The lowest BCUT2D eigenvalue weighted by Gasteiger charge is -2.29.